The average molecular weight is 417 g/mol. The van der Waals surface area contributed by atoms with Gasteiger partial charge >= 0.3 is 5.97 Å². The molecule has 0 saturated carbocycles. The lowest BCUT2D eigenvalue weighted by atomic mass is 10.0. The number of rotatable bonds is 4. The summed E-state index contributed by atoms with van der Waals surface area (Å²) in [5.74, 6) is 0.838. The van der Waals surface area contributed by atoms with Gasteiger partial charge in [-0.15, -0.1) is 0 Å². The van der Waals surface area contributed by atoms with Gasteiger partial charge in [0, 0.05) is 36.8 Å². The molecule has 152 valence electrons. The van der Waals surface area contributed by atoms with Crippen molar-refractivity contribution in [2.24, 2.45) is 0 Å². The summed E-state index contributed by atoms with van der Waals surface area (Å²) in [4.78, 5) is 29.1. The van der Waals surface area contributed by atoms with Crippen LogP contribution in [0, 0.1) is 0 Å². The SMILES string of the molecule is COC(=O)C(c1ccc(Cl)cc1)N1CCN(C(=O)c2ccc3c(c2)OCO3)CC1. The number of hydrogen-bond donors (Lipinski definition) is 0. The highest BCUT2D eigenvalue weighted by Gasteiger charge is 2.32. The fourth-order valence-electron chi connectivity index (χ4n) is 3.65. The monoisotopic (exact) mass is 416 g/mol. The van der Waals surface area contributed by atoms with E-state index < -0.39 is 6.04 Å². The van der Waals surface area contributed by atoms with E-state index in [1.165, 1.54) is 7.11 Å². The Morgan fingerprint density at radius 1 is 1.00 bits per heavy atom. The van der Waals surface area contributed by atoms with Crippen LogP contribution < -0.4 is 9.47 Å². The van der Waals surface area contributed by atoms with Crippen molar-refractivity contribution in [3.05, 3.63) is 58.6 Å². The minimum atomic E-state index is -0.528. The summed E-state index contributed by atoms with van der Waals surface area (Å²) >= 11 is 5.97. The molecule has 1 saturated heterocycles. The first-order chi connectivity index (χ1) is 14.1. The van der Waals surface area contributed by atoms with Crippen molar-refractivity contribution in [3.8, 4) is 11.5 Å². The van der Waals surface area contributed by atoms with E-state index in [1.54, 1.807) is 35.2 Å². The summed E-state index contributed by atoms with van der Waals surface area (Å²) in [6.45, 7) is 2.30. The Hall–Kier alpha value is -2.77. The van der Waals surface area contributed by atoms with Gasteiger partial charge in [-0.25, -0.2) is 4.79 Å². The van der Waals surface area contributed by atoms with Crippen LogP contribution in [-0.4, -0.2) is 61.8 Å². The molecule has 0 bridgehead atoms. The Balaban J connectivity index is 1.45. The van der Waals surface area contributed by atoms with Gasteiger partial charge in [0.05, 0.1) is 7.11 Å². The number of halogens is 1. The Bertz CT molecular complexity index is 910. The Morgan fingerprint density at radius 3 is 2.38 bits per heavy atom. The summed E-state index contributed by atoms with van der Waals surface area (Å²) in [5, 5.41) is 0.608. The molecule has 2 aliphatic rings. The highest BCUT2D eigenvalue weighted by atomic mass is 35.5. The van der Waals surface area contributed by atoms with E-state index in [0.29, 0.717) is 48.3 Å². The van der Waals surface area contributed by atoms with E-state index >= 15 is 0 Å². The minimum Gasteiger partial charge on any atom is -0.468 e. The molecule has 0 radical (unpaired) electrons. The average Bonchev–Trinajstić information content (AvgIpc) is 3.23. The third-order valence-electron chi connectivity index (χ3n) is 5.20. The van der Waals surface area contributed by atoms with Crippen molar-refractivity contribution in [1.82, 2.24) is 9.80 Å². The van der Waals surface area contributed by atoms with E-state index in [4.69, 9.17) is 25.8 Å². The number of carbonyl (C=O) groups is 2. The van der Waals surface area contributed by atoms with E-state index in [2.05, 4.69) is 0 Å². The maximum absolute atomic E-state index is 12.9. The molecule has 2 aliphatic heterocycles. The highest BCUT2D eigenvalue weighted by Crippen LogP contribution is 2.33. The van der Waals surface area contributed by atoms with Crippen LogP contribution in [0.15, 0.2) is 42.5 Å². The molecule has 0 aliphatic carbocycles. The molecule has 7 nitrogen and oxygen atoms in total. The zero-order valence-electron chi connectivity index (χ0n) is 16.0. The van der Waals surface area contributed by atoms with Gasteiger partial charge in [0.15, 0.2) is 11.5 Å². The first-order valence-corrected chi connectivity index (χ1v) is 9.71. The second-order valence-corrected chi connectivity index (χ2v) is 7.31. The lowest BCUT2D eigenvalue weighted by Crippen LogP contribution is -2.51. The van der Waals surface area contributed by atoms with Crippen molar-refractivity contribution in [1.29, 1.82) is 0 Å². The zero-order chi connectivity index (χ0) is 20.4. The molecule has 1 atom stereocenters. The maximum atomic E-state index is 12.9. The molecule has 4 rings (SSSR count). The maximum Gasteiger partial charge on any atom is 0.327 e. The van der Waals surface area contributed by atoms with Crippen LogP contribution in [0.2, 0.25) is 5.02 Å². The number of carbonyl (C=O) groups excluding carboxylic acids is 2. The van der Waals surface area contributed by atoms with Crippen LogP contribution >= 0.6 is 11.6 Å². The van der Waals surface area contributed by atoms with Crippen LogP contribution in [0.3, 0.4) is 0 Å². The van der Waals surface area contributed by atoms with Crippen LogP contribution in [-0.2, 0) is 9.53 Å². The summed E-state index contributed by atoms with van der Waals surface area (Å²) in [6.07, 6.45) is 0. The molecule has 29 heavy (non-hydrogen) atoms. The second kappa shape index (κ2) is 8.31. The molecule has 2 aromatic rings. The lowest BCUT2D eigenvalue weighted by molar-refractivity contribution is -0.148. The van der Waals surface area contributed by atoms with E-state index in [1.807, 2.05) is 17.0 Å². The summed E-state index contributed by atoms with van der Waals surface area (Å²) in [6, 6.07) is 11.8. The summed E-state index contributed by atoms with van der Waals surface area (Å²) < 4.78 is 15.7. The number of fused-ring (bicyclic) bond motifs is 1. The topological polar surface area (TPSA) is 68.3 Å². The molecule has 1 fully saturated rings. The number of nitrogens with zero attached hydrogens (tertiary/aromatic N) is 2. The largest absolute Gasteiger partial charge is 0.468 e. The molecule has 0 N–H and O–H groups in total. The number of amides is 1. The molecule has 8 heteroatoms. The van der Waals surface area contributed by atoms with Gasteiger partial charge in [0.2, 0.25) is 6.79 Å². The lowest BCUT2D eigenvalue weighted by Gasteiger charge is -2.38. The second-order valence-electron chi connectivity index (χ2n) is 6.87. The van der Waals surface area contributed by atoms with Gasteiger partial charge in [-0.05, 0) is 35.9 Å². The molecular weight excluding hydrogens is 396 g/mol. The predicted octanol–water partition coefficient (Wildman–Crippen LogP) is 2.74. The third-order valence-corrected chi connectivity index (χ3v) is 5.45. The molecular formula is C21H21ClN2O5. The van der Waals surface area contributed by atoms with E-state index in [9.17, 15) is 9.59 Å². The number of esters is 1. The summed E-state index contributed by atoms with van der Waals surface area (Å²) in [7, 11) is 1.38. The number of methoxy groups -OCH3 is 1. The third kappa shape index (κ3) is 4.02. The van der Waals surface area contributed by atoms with Crippen molar-refractivity contribution < 1.29 is 23.8 Å². The van der Waals surface area contributed by atoms with Crippen molar-refractivity contribution in [3.63, 3.8) is 0 Å². The van der Waals surface area contributed by atoms with Crippen LogP contribution in [0.4, 0.5) is 0 Å². The van der Waals surface area contributed by atoms with Gasteiger partial charge in [0.25, 0.3) is 5.91 Å². The van der Waals surface area contributed by atoms with Crippen LogP contribution in [0.5, 0.6) is 11.5 Å². The fraction of sp³-hybridized carbons (Fsp3) is 0.333. The standard InChI is InChI=1S/C21H21ClN2O5/c1-27-21(26)19(14-2-5-16(22)6-3-14)23-8-10-24(11-9-23)20(25)15-4-7-17-18(12-15)29-13-28-17/h2-7,12,19H,8-11,13H2,1H3. The molecule has 1 amide bonds. The first-order valence-electron chi connectivity index (χ1n) is 9.33. The quantitative estimate of drug-likeness (QED) is 0.714. The molecule has 1 unspecified atom stereocenters. The van der Waals surface area contributed by atoms with Crippen molar-refractivity contribution >= 4 is 23.5 Å². The Labute approximate surface area is 173 Å². The number of hydrogen-bond acceptors (Lipinski definition) is 6. The van der Waals surface area contributed by atoms with Crippen LogP contribution in [0.1, 0.15) is 22.0 Å². The van der Waals surface area contributed by atoms with Gasteiger partial charge in [-0.2, -0.15) is 0 Å². The fourth-order valence-corrected chi connectivity index (χ4v) is 3.77. The van der Waals surface area contributed by atoms with Gasteiger partial charge in [-0.1, -0.05) is 23.7 Å². The zero-order valence-corrected chi connectivity index (χ0v) is 16.7. The van der Waals surface area contributed by atoms with Crippen molar-refractivity contribution in [2.45, 2.75) is 6.04 Å². The van der Waals surface area contributed by atoms with Gasteiger partial charge in [-0.3, -0.25) is 9.69 Å². The van der Waals surface area contributed by atoms with E-state index in [-0.39, 0.29) is 18.7 Å². The number of ether oxygens (including phenoxy) is 3. The number of piperazine rings is 1. The minimum absolute atomic E-state index is 0.0657. The predicted molar refractivity (Wildman–Crippen MR) is 106 cm³/mol. The highest BCUT2D eigenvalue weighted by molar-refractivity contribution is 6.30. The molecule has 0 aromatic heterocycles. The molecule has 2 aromatic carbocycles. The van der Waals surface area contributed by atoms with E-state index in [0.717, 1.165) is 5.56 Å². The molecule has 0 spiro atoms. The summed E-state index contributed by atoms with van der Waals surface area (Å²) in [5.41, 5.74) is 1.38. The number of benzene rings is 2. The normalized spacial score (nSPS) is 17.1. The van der Waals surface area contributed by atoms with Gasteiger partial charge in [0.1, 0.15) is 6.04 Å². The molecule has 2 heterocycles. The van der Waals surface area contributed by atoms with Crippen LogP contribution in [0.25, 0.3) is 0 Å². The first kappa shape index (κ1) is 19.5. The van der Waals surface area contributed by atoms with Gasteiger partial charge < -0.3 is 19.1 Å². The smallest absolute Gasteiger partial charge is 0.327 e. The Kier molecular flexibility index (Phi) is 5.60. The van der Waals surface area contributed by atoms with Crippen molar-refractivity contribution in [2.75, 3.05) is 40.1 Å². The Morgan fingerprint density at radius 2 is 1.69 bits per heavy atom.